The summed E-state index contributed by atoms with van der Waals surface area (Å²) < 4.78 is 38.7. The molecule has 0 aliphatic carbocycles. The van der Waals surface area contributed by atoms with Crippen molar-refractivity contribution in [2.45, 2.75) is 19.0 Å². The maximum Gasteiger partial charge on any atom is 0.418 e. The van der Waals surface area contributed by atoms with E-state index in [4.69, 9.17) is 11.6 Å². The Hall–Kier alpha value is -0.940. The standard InChI is InChI=1S/C13H16ClF3N2/c14-10-1-2-12(11(7-10)13(15,16)17)19-8-9-3-5-18-6-4-9/h1-2,7,9,18-19H,3-6,8H2. The summed E-state index contributed by atoms with van der Waals surface area (Å²) in [5.41, 5.74) is -0.593. The minimum absolute atomic E-state index is 0.0970. The van der Waals surface area contributed by atoms with E-state index < -0.39 is 11.7 Å². The van der Waals surface area contributed by atoms with Crippen molar-refractivity contribution in [1.29, 1.82) is 0 Å². The highest BCUT2D eigenvalue weighted by molar-refractivity contribution is 6.30. The number of piperidine rings is 1. The van der Waals surface area contributed by atoms with Gasteiger partial charge >= 0.3 is 6.18 Å². The summed E-state index contributed by atoms with van der Waals surface area (Å²) in [5.74, 6) is 0.415. The molecule has 2 rings (SSSR count). The lowest BCUT2D eigenvalue weighted by atomic mass is 9.98. The number of benzene rings is 1. The van der Waals surface area contributed by atoms with Gasteiger partial charge in [-0.25, -0.2) is 0 Å². The van der Waals surface area contributed by atoms with Crippen molar-refractivity contribution in [3.05, 3.63) is 28.8 Å². The normalized spacial score (nSPS) is 17.5. The summed E-state index contributed by atoms with van der Waals surface area (Å²) in [6.07, 6.45) is -2.41. The summed E-state index contributed by atoms with van der Waals surface area (Å²) in [4.78, 5) is 0. The first kappa shape index (κ1) is 14.5. The van der Waals surface area contributed by atoms with Crippen LogP contribution < -0.4 is 10.6 Å². The van der Waals surface area contributed by atoms with Gasteiger partial charge < -0.3 is 10.6 Å². The quantitative estimate of drug-likeness (QED) is 0.886. The molecule has 0 spiro atoms. The number of nitrogens with one attached hydrogen (secondary N) is 2. The van der Waals surface area contributed by atoms with Crippen LogP contribution >= 0.6 is 11.6 Å². The maximum atomic E-state index is 12.9. The SMILES string of the molecule is FC(F)(F)c1cc(Cl)ccc1NCC1CCNCC1. The average Bonchev–Trinajstić information content (AvgIpc) is 2.37. The van der Waals surface area contributed by atoms with Gasteiger partial charge in [0, 0.05) is 17.3 Å². The van der Waals surface area contributed by atoms with E-state index in [2.05, 4.69) is 10.6 Å². The molecule has 0 radical (unpaired) electrons. The van der Waals surface area contributed by atoms with Crippen LogP contribution in [-0.2, 0) is 6.18 Å². The van der Waals surface area contributed by atoms with Crippen molar-refractivity contribution in [2.75, 3.05) is 25.0 Å². The van der Waals surface area contributed by atoms with Crippen molar-refractivity contribution in [3.63, 3.8) is 0 Å². The first-order valence-corrected chi connectivity index (χ1v) is 6.66. The Kier molecular flexibility index (Phi) is 4.58. The molecular weight excluding hydrogens is 277 g/mol. The molecular formula is C13H16ClF3N2. The van der Waals surface area contributed by atoms with E-state index in [0.29, 0.717) is 12.5 Å². The fourth-order valence-corrected chi connectivity index (χ4v) is 2.42. The molecule has 106 valence electrons. The van der Waals surface area contributed by atoms with Crippen molar-refractivity contribution >= 4 is 17.3 Å². The molecule has 6 heteroatoms. The number of rotatable bonds is 3. The molecule has 0 aromatic heterocycles. The first-order chi connectivity index (χ1) is 8.97. The van der Waals surface area contributed by atoms with Crippen LogP contribution in [0.3, 0.4) is 0 Å². The molecule has 0 bridgehead atoms. The van der Waals surface area contributed by atoms with Crippen molar-refractivity contribution in [3.8, 4) is 0 Å². The van der Waals surface area contributed by atoms with Gasteiger partial charge in [0.2, 0.25) is 0 Å². The van der Waals surface area contributed by atoms with Crippen LogP contribution in [0.2, 0.25) is 5.02 Å². The van der Waals surface area contributed by atoms with Gasteiger partial charge in [-0.3, -0.25) is 0 Å². The average molecular weight is 293 g/mol. The van der Waals surface area contributed by atoms with Gasteiger partial charge in [0.05, 0.1) is 5.56 Å². The topological polar surface area (TPSA) is 24.1 Å². The molecule has 0 atom stereocenters. The van der Waals surface area contributed by atoms with E-state index in [0.717, 1.165) is 32.0 Å². The Labute approximate surface area is 115 Å². The van der Waals surface area contributed by atoms with E-state index in [1.165, 1.54) is 12.1 Å². The fourth-order valence-electron chi connectivity index (χ4n) is 2.25. The molecule has 1 aliphatic heterocycles. The third-order valence-corrected chi connectivity index (χ3v) is 3.56. The minimum atomic E-state index is -4.39. The van der Waals surface area contributed by atoms with E-state index in [9.17, 15) is 13.2 Å². The lowest BCUT2D eigenvalue weighted by Gasteiger charge is -2.24. The lowest BCUT2D eigenvalue weighted by molar-refractivity contribution is -0.136. The van der Waals surface area contributed by atoms with Crippen LogP contribution in [0.1, 0.15) is 18.4 Å². The second-order valence-corrected chi connectivity index (χ2v) is 5.20. The second kappa shape index (κ2) is 6.01. The maximum absolute atomic E-state index is 12.9. The zero-order valence-electron chi connectivity index (χ0n) is 10.4. The Morgan fingerprint density at radius 2 is 1.95 bits per heavy atom. The predicted octanol–water partition coefficient (Wildman–Crippen LogP) is 3.77. The second-order valence-electron chi connectivity index (χ2n) is 4.76. The number of hydrogen-bond donors (Lipinski definition) is 2. The molecule has 1 fully saturated rings. The number of alkyl halides is 3. The van der Waals surface area contributed by atoms with Crippen LogP contribution in [0.25, 0.3) is 0 Å². The highest BCUT2D eigenvalue weighted by atomic mass is 35.5. The highest BCUT2D eigenvalue weighted by Gasteiger charge is 2.33. The van der Waals surface area contributed by atoms with E-state index in [1.807, 2.05) is 0 Å². The van der Waals surface area contributed by atoms with Gasteiger partial charge in [0.1, 0.15) is 0 Å². The monoisotopic (exact) mass is 292 g/mol. The zero-order valence-corrected chi connectivity index (χ0v) is 11.1. The van der Waals surface area contributed by atoms with E-state index >= 15 is 0 Å². The summed E-state index contributed by atoms with van der Waals surface area (Å²) in [5, 5.41) is 6.24. The zero-order chi connectivity index (χ0) is 13.9. The predicted molar refractivity (Wildman–Crippen MR) is 70.5 cm³/mol. The minimum Gasteiger partial charge on any atom is -0.384 e. The Balaban J connectivity index is 2.06. The largest absolute Gasteiger partial charge is 0.418 e. The summed E-state index contributed by atoms with van der Waals surface area (Å²) in [6.45, 7) is 2.42. The third kappa shape index (κ3) is 4.01. The summed E-state index contributed by atoms with van der Waals surface area (Å²) in [7, 11) is 0. The van der Waals surface area contributed by atoms with E-state index in [1.54, 1.807) is 0 Å². The fraction of sp³-hybridized carbons (Fsp3) is 0.538. The molecule has 2 N–H and O–H groups in total. The first-order valence-electron chi connectivity index (χ1n) is 6.28. The molecule has 1 aliphatic rings. The Morgan fingerprint density at radius 3 is 2.58 bits per heavy atom. The van der Waals surface area contributed by atoms with Gasteiger partial charge in [0.25, 0.3) is 0 Å². The molecule has 0 unspecified atom stereocenters. The molecule has 0 amide bonds. The number of anilines is 1. The molecule has 0 saturated carbocycles. The van der Waals surface area contributed by atoms with Crippen molar-refractivity contribution < 1.29 is 13.2 Å². The van der Waals surface area contributed by atoms with Crippen molar-refractivity contribution in [2.24, 2.45) is 5.92 Å². The Bertz CT molecular complexity index is 428. The molecule has 2 nitrogen and oxygen atoms in total. The summed E-state index contributed by atoms with van der Waals surface area (Å²) in [6, 6.07) is 3.83. The van der Waals surface area contributed by atoms with Gasteiger partial charge in [-0.05, 0) is 50.0 Å². The lowest BCUT2D eigenvalue weighted by Crippen LogP contribution is -2.31. The van der Waals surface area contributed by atoms with Crippen LogP contribution in [0.15, 0.2) is 18.2 Å². The van der Waals surface area contributed by atoms with Gasteiger partial charge in [-0.2, -0.15) is 13.2 Å². The van der Waals surface area contributed by atoms with Crippen LogP contribution in [0.5, 0.6) is 0 Å². The van der Waals surface area contributed by atoms with Gasteiger partial charge in [0.15, 0.2) is 0 Å². The highest BCUT2D eigenvalue weighted by Crippen LogP contribution is 2.36. The van der Waals surface area contributed by atoms with Gasteiger partial charge in [-0.1, -0.05) is 11.6 Å². The van der Waals surface area contributed by atoms with Gasteiger partial charge in [-0.15, -0.1) is 0 Å². The molecule has 1 saturated heterocycles. The summed E-state index contributed by atoms with van der Waals surface area (Å²) >= 11 is 5.64. The third-order valence-electron chi connectivity index (χ3n) is 3.33. The van der Waals surface area contributed by atoms with Crippen molar-refractivity contribution in [1.82, 2.24) is 5.32 Å². The Morgan fingerprint density at radius 1 is 1.26 bits per heavy atom. The van der Waals surface area contributed by atoms with Crippen LogP contribution in [-0.4, -0.2) is 19.6 Å². The number of halogens is 4. The molecule has 1 heterocycles. The van der Waals surface area contributed by atoms with Crippen LogP contribution in [0.4, 0.5) is 18.9 Å². The molecule has 19 heavy (non-hydrogen) atoms. The van der Waals surface area contributed by atoms with Crippen LogP contribution in [0, 0.1) is 5.92 Å². The molecule has 1 aromatic rings. The molecule has 1 aromatic carbocycles. The smallest absolute Gasteiger partial charge is 0.384 e. The number of hydrogen-bond acceptors (Lipinski definition) is 2. The van der Waals surface area contributed by atoms with E-state index in [-0.39, 0.29) is 10.7 Å².